The van der Waals surface area contributed by atoms with Gasteiger partial charge in [0.15, 0.2) is 9.84 Å². The van der Waals surface area contributed by atoms with E-state index in [2.05, 4.69) is 5.32 Å². The highest BCUT2D eigenvalue weighted by molar-refractivity contribution is 7.91. The highest BCUT2D eigenvalue weighted by Crippen LogP contribution is 2.19. The van der Waals surface area contributed by atoms with E-state index in [0.29, 0.717) is 11.5 Å². The third kappa shape index (κ3) is 6.29. The van der Waals surface area contributed by atoms with Gasteiger partial charge in [0, 0.05) is 18.5 Å². The molecule has 0 unspecified atom stereocenters. The molecule has 2 aromatic rings. The summed E-state index contributed by atoms with van der Waals surface area (Å²) >= 11 is 0. The SMILES string of the molecule is COc1ccccc1CNC(=O)CCS(=O)(=O)c1ccc(OC(C)C)cc1. The van der Waals surface area contributed by atoms with Crippen LogP contribution in [0.5, 0.6) is 11.5 Å². The van der Waals surface area contributed by atoms with Crippen molar-refractivity contribution in [1.82, 2.24) is 5.32 Å². The zero-order valence-corrected chi connectivity index (χ0v) is 16.6. The number of para-hydroxylation sites is 1. The van der Waals surface area contributed by atoms with E-state index in [0.717, 1.165) is 5.56 Å². The zero-order valence-electron chi connectivity index (χ0n) is 15.8. The van der Waals surface area contributed by atoms with Gasteiger partial charge in [-0.3, -0.25) is 4.79 Å². The van der Waals surface area contributed by atoms with Gasteiger partial charge in [-0.15, -0.1) is 0 Å². The van der Waals surface area contributed by atoms with E-state index >= 15 is 0 Å². The molecule has 0 bridgehead atoms. The van der Waals surface area contributed by atoms with Crippen molar-refractivity contribution in [3.05, 3.63) is 54.1 Å². The molecule has 0 heterocycles. The number of methoxy groups -OCH3 is 1. The molecule has 146 valence electrons. The minimum atomic E-state index is -3.54. The molecule has 0 atom stereocenters. The molecule has 1 N–H and O–H groups in total. The molecule has 2 aromatic carbocycles. The van der Waals surface area contributed by atoms with E-state index in [9.17, 15) is 13.2 Å². The minimum Gasteiger partial charge on any atom is -0.496 e. The van der Waals surface area contributed by atoms with E-state index in [1.165, 1.54) is 12.1 Å². The average Bonchev–Trinajstić information content (AvgIpc) is 2.65. The first kappa shape index (κ1) is 20.8. The van der Waals surface area contributed by atoms with Gasteiger partial charge in [0.05, 0.1) is 23.9 Å². The lowest BCUT2D eigenvalue weighted by atomic mass is 10.2. The molecule has 0 aliphatic heterocycles. The summed E-state index contributed by atoms with van der Waals surface area (Å²) in [7, 11) is -1.98. The highest BCUT2D eigenvalue weighted by Gasteiger charge is 2.17. The lowest BCUT2D eigenvalue weighted by Crippen LogP contribution is -2.25. The van der Waals surface area contributed by atoms with Crippen LogP contribution in [0.4, 0.5) is 0 Å². The third-order valence-corrected chi connectivity index (χ3v) is 5.55. The minimum absolute atomic E-state index is 0.0133. The van der Waals surface area contributed by atoms with Crippen LogP contribution >= 0.6 is 0 Å². The van der Waals surface area contributed by atoms with Gasteiger partial charge in [0.2, 0.25) is 5.91 Å². The molecule has 2 rings (SSSR count). The molecular weight excluding hydrogens is 366 g/mol. The van der Waals surface area contributed by atoms with Crippen molar-refractivity contribution in [2.75, 3.05) is 12.9 Å². The van der Waals surface area contributed by atoms with Gasteiger partial charge >= 0.3 is 0 Å². The molecule has 27 heavy (non-hydrogen) atoms. The van der Waals surface area contributed by atoms with E-state index < -0.39 is 9.84 Å². The molecule has 0 saturated carbocycles. The fourth-order valence-electron chi connectivity index (χ4n) is 2.47. The topological polar surface area (TPSA) is 81.7 Å². The lowest BCUT2D eigenvalue weighted by molar-refractivity contribution is -0.120. The van der Waals surface area contributed by atoms with Crippen molar-refractivity contribution >= 4 is 15.7 Å². The second-order valence-electron chi connectivity index (χ2n) is 6.30. The Bertz CT molecular complexity index is 860. The summed E-state index contributed by atoms with van der Waals surface area (Å²) in [5, 5.41) is 2.73. The number of ether oxygens (including phenoxy) is 2. The van der Waals surface area contributed by atoms with Gasteiger partial charge in [-0.2, -0.15) is 0 Å². The first-order valence-corrected chi connectivity index (χ1v) is 10.3. The molecule has 0 aromatic heterocycles. The summed E-state index contributed by atoms with van der Waals surface area (Å²) in [6.07, 6.45) is -0.0961. The standard InChI is InChI=1S/C20H25NO5S/c1-15(2)26-17-8-10-18(11-9-17)27(23,24)13-12-20(22)21-14-16-6-4-5-7-19(16)25-3/h4-11,15H,12-14H2,1-3H3,(H,21,22). The first-order valence-electron chi connectivity index (χ1n) is 8.70. The van der Waals surface area contributed by atoms with E-state index in [1.807, 2.05) is 32.0 Å². The van der Waals surface area contributed by atoms with Crippen molar-refractivity contribution in [2.24, 2.45) is 0 Å². The smallest absolute Gasteiger partial charge is 0.221 e. The van der Waals surface area contributed by atoms with Crippen LogP contribution in [0.25, 0.3) is 0 Å². The number of hydrogen-bond donors (Lipinski definition) is 1. The zero-order chi connectivity index (χ0) is 19.9. The van der Waals surface area contributed by atoms with Gasteiger partial charge in [-0.1, -0.05) is 18.2 Å². The van der Waals surface area contributed by atoms with E-state index in [1.54, 1.807) is 25.3 Å². The number of carbonyl (C=O) groups is 1. The molecule has 0 fully saturated rings. The molecule has 6 nitrogen and oxygen atoms in total. The Kier molecular flexibility index (Phi) is 7.24. The summed E-state index contributed by atoms with van der Waals surface area (Å²) < 4.78 is 35.5. The van der Waals surface area contributed by atoms with Gasteiger partial charge in [0.25, 0.3) is 0 Å². The van der Waals surface area contributed by atoms with Crippen molar-refractivity contribution in [3.63, 3.8) is 0 Å². The molecule has 0 aliphatic carbocycles. The number of carbonyl (C=O) groups excluding carboxylic acids is 1. The predicted molar refractivity (Wildman–Crippen MR) is 104 cm³/mol. The largest absolute Gasteiger partial charge is 0.496 e. The van der Waals surface area contributed by atoms with Crippen LogP contribution in [0.2, 0.25) is 0 Å². The molecular formula is C20H25NO5S. The monoisotopic (exact) mass is 391 g/mol. The highest BCUT2D eigenvalue weighted by atomic mass is 32.2. The van der Waals surface area contributed by atoms with Crippen LogP contribution in [-0.2, 0) is 21.2 Å². The Hall–Kier alpha value is -2.54. The van der Waals surface area contributed by atoms with Gasteiger partial charge < -0.3 is 14.8 Å². The van der Waals surface area contributed by atoms with Crippen LogP contribution in [0.15, 0.2) is 53.4 Å². The van der Waals surface area contributed by atoms with Gasteiger partial charge in [-0.25, -0.2) is 8.42 Å². The number of benzene rings is 2. The summed E-state index contributed by atoms with van der Waals surface area (Å²) in [4.78, 5) is 12.2. The van der Waals surface area contributed by atoms with Gasteiger partial charge in [-0.05, 0) is 44.2 Å². The molecule has 0 radical (unpaired) electrons. The Morgan fingerprint density at radius 3 is 2.37 bits per heavy atom. The number of amides is 1. The first-order chi connectivity index (χ1) is 12.8. The normalized spacial score (nSPS) is 11.3. The van der Waals surface area contributed by atoms with Crippen LogP contribution in [0.1, 0.15) is 25.8 Å². The van der Waals surface area contributed by atoms with Crippen molar-refractivity contribution < 1.29 is 22.7 Å². The average molecular weight is 391 g/mol. The number of rotatable bonds is 9. The summed E-state index contributed by atoms with van der Waals surface area (Å²) in [5.74, 6) is 0.701. The fourth-order valence-corrected chi connectivity index (χ4v) is 3.71. The maximum Gasteiger partial charge on any atom is 0.221 e. The summed E-state index contributed by atoms with van der Waals surface area (Å²) in [5.41, 5.74) is 0.831. The Labute approximate surface area is 160 Å². The quantitative estimate of drug-likeness (QED) is 0.711. The third-order valence-electron chi connectivity index (χ3n) is 3.82. The van der Waals surface area contributed by atoms with Crippen LogP contribution < -0.4 is 14.8 Å². The summed E-state index contributed by atoms with van der Waals surface area (Å²) in [6, 6.07) is 13.6. The maximum atomic E-state index is 12.4. The predicted octanol–water partition coefficient (Wildman–Crippen LogP) is 2.96. The Balaban J connectivity index is 1.89. The molecule has 7 heteroatoms. The van der Waals surface area contributed by atoms with Crippen molar-refractivity contribution in [1.29, 1.82) is 0 Å². The number of nitrogens with one attached hydrogen (secondary N) is 1. The Morgan fingerprint density at radius 2 is 1.74 bits per heavy atom. The van der Waals surface area contributed by atoms with Crippen molar-refractivity contribution in [2.45, 2.75) is 37.8 Å². The van der Waals surface area contributed by atoms with E-state index in [4.69, 9.17) is 9.47 Å². The molecule has 0 spiro atoms. The summed E-state index contributed by atoms with van der Waals surface area (Å²) in [6.45, 7) is 4.08. The van der Waals surface area contributed by atoms with Crippen LogP contribution in [0.3, 0.4) is 0 Å². The van der Waals surface area contributed by atoms with E-state index in [-0.39, 0.29) is 35.6 Å². The second kappa shape index (κ2) is 9.41. The van der Waals surface area contributed by atoms with Crippen molar-refractivity contribution in [3.8, 4) is 11.5 Å². The number of hydrogen-bond acceptors (Lipinski definition) is 5. The Morgan fingerprint density at radius 1 is 1.07 bits per heavy atom. The van der Waals surface area contributed by atoms with Crippen LogP contribution in [-0.4, -0.2) is 33.3 Å². The fraction of sp³-hybridized carbons (Fsp3) is 0.350. The van der Waals surface area contributed by atoms with Gasteiger partial charge in [0.1, 0.15) is 11.5 Å². The lowest BCUT2D eigenvalue weighted by Gasteiger charge is -2.11. The second-order valence-corrected chi connectivity index (χ2v) is 8.40. The maximum absolute atomic E-state index is 12.4. The number of sulfone groups is 1. The van der Waals surface area contributed by atoms with Crippen LogP contribution in [0, 0.1) is 0 Å². The molecule has 0 saturated heterocycles. The molecule has 1 amide bonds. The molecule has 0 aliphatic rings.